The molecule has 76 valence electrons. The molecular weight excluding hydrogens is 258 g/mol. The summed E-state index contributed by atoms with van der Waals surface area (Å²) in [6.45, 7) is 10.3. The van der Waals surface area contributed by atoms with Crippen LogP contribution in [0.2, 0.25) is 19.6 Å². The zero-order valence-corrected chi connectivity index (χ0v) is 11.3. The minimum atomic E-state index is -1.56. The van der Waals surface area contributed by atoms with E-state index in [1.54, 1.807) is 6.20 Å². The molecule has 0 saturated carbocycles. The minimum absolute atomic E-state index is 0.712. The Labute approximate surface area is 94.3 Å². The maximum atomic E-state index is 5.75. The van der Waals surface area contributed by atoms with Crippen LogP contribution >= 0.6 is 15.9 Å². The van der Waals surface area contributed by atoms with E-state index >= 15 is 0 Å². The van der Waals surface area contributed by atoms with E-state index in [2.05, 4.69) is 47.1 Å². The van der Waals surface area contributed by atoms with Crippen LogP contribution in [0.5, 0.6) is 0 Å². The molecule has 2 nitrogen and oxygen atoms in total. The maximum absolute atomic E-state index is 5.75. The van der Waals surface area contributed by atoms with Gasteiger partial charge in [-0.3, -0.25) is 0 Å². The lowest BCUT2D eigenvalue weighted by atomic mass is 10.2. The molecule has 0 N–H and O–H groups in total. The Morgan fingerprint density at radius 2 is 2.07 bits per heavy atom. The molecule has 14 heavy (non-hydrogen) atoms. The summed E-state index contributed by atoms with van der Waals surface area (Å²) < 4.78 is 6.57. The van der Waals surface area contributed by atoms with Crippen molar-refractivity contribution in [2.45, 2.75) is 19.6 Å². The van der Waals surface area contributed by atoms with Gasteiger partial charge in [0.2, 0.25) is 8.32 Å². The highest BCUT2D eigenvalue weighted by atomic mass is 79.9. The van der Waals surface area contributed by atoms with Gasteiger partial charge < -0.3 is 4.43 Å². The quantitative estimate of drug-likeness (QED) is 0.476. The lowest BCUT2D eigenvalue weighted by molar-refractivity contribution is 0.516. The van der Waals surface area contributed by atoms with Gasteiger partial charge >= 0.3 is 0 Å². The fourth-order valence-electron chi connectivity index (χ4n) is 0.969. The summed E-state index contributed by atoms with van der Waals surface area (Å²) in [5.41, 5.74) is 0.940. The van der Waals surface area contributed by atoms with Gasteiger partial charge in [0.05, 0.1) is 0 Å². The van der Waals surface area contributed by atoms with Crippen LogP contribution in [0.25, 0.3) is 5.76 Å². The van der Waals surface area contributed by atoms with Crippen molar-refractivity contribution in [3.8, 4) is 0 Å². The first-order chi connectivity index (χ1) is 6.38. The van der Waals surface area contributed by atoms with Crippen LogP contribution in [0, 0.1) is 0 Å². The topological polar surface area (TPSA) is 22.1 Å². The zero-order valence-electron chi connectivity index (χ0n) is 8.67. The number of hydrogen-bond donors (Lipinski definition) is 0. The van der Waals surface area contributed by atoms with E-state index in [0.29, 0.717) is 5.76 Å². The third-order valence-corrected chi connectivity index (χ3v) is 2.81. The predicted molar refractivity (Wildman–Crippen MR) is 65.4 cm³/mol. The third kappa shape index (κ3) is 3.63. The van der Waals surface area contributed by atoms with Gasteiger partial charge in [-0.25, -0.2) is 4.98 Å². The van der Waals surface area contributed by atoms with Gasteiger partial charge in [0.15, 0.2) is 0 Å². The SMILES string of the molecule is C=C(O[Si](C)(C)C)c1ccc(Br)nc1. The van der Waals surface area contributed by atoms with Crippen molar-refractivity contribution < 1.29 is 4.43 Å². The summed E-state index contributed by atoms with van der Waals surface area (Å²) in [4.78, 5) is 4.12. The number of pyridine rings is 1. The summed E-state index contributed by atoms with van der Waals surface area (Å²) in [7, 11) is -1.56. The fraction of sp³-hybridized carbons (Fsp3) is 0.300. The molecule has 0 aliphatic carbocycles. The maximum Gasteiger partial charge on any atom is 0.242 e. The van der Waals surface area contributed by atoms with Gasteiger partial charge in [-0.05, 0) is 47.7 Å². The molecule has 0 atom stereocenters. The smallest absolute Gasteiger partial charge is 0.242 e. The Balaban J connectivity index is 2.76. The lowest BCUT2D eigenvalue weighted by Crippen LogP contribution is -2.24. The van der Waals surface area contributed by atoms with Gasteiger partial charge in [0, 0.05) is 11.8 Å². The number of rotatable bonds is 3. The Morgan fingerprint density at radius 3 is 2.50 bits per heavy atom. The first-order valence-corrected chi connectivity index (χ1v) is 8.58. The van der Waals surface area contributed by atoms with Crippen molar-refractivity contribution >= 4 is 30.0 Å². The Morgan fingerprint density at radius 1 is 1.43 bits per heavy atom. The summed E-state index contributed by atoms with van der Waals surface area (Å²) in [6, 6.07) is 3.83. The minimum Gasteiger partial charge on any atom is -0.544 e. The Kier molecular flexibility index (Phi) is 3.50. The molecular formula is C10H14BrNOSi. The first-order valence-electron chi connectivity index (χ1n) is 4.38. The van der Waals surface area contributed by atoms with Crippen molar-refractivity contribution in [1.29, 1.82) is 0 Å². The summed E-state index contributed by atoms with van der Waals surface area (Å²) in [5.74, 6) is 0.712. The highest BCUT2D eigenvalue weighted by molar-refractivity contribution is 9.10. The largest absolute Gasteiger partial charge is 0.544 e. The molecule has 0 bridgehead atoms. The van der Waals surface area contributed by atoms with Gasteiger partial charge in [-0.1, -0.05) is 6.58 Å². The predicted octanol–water partition coefficient (Wildman–Crippen LogP) is 3.67. The van der Waals surface area contributed by atoms with Crippen molar-refractivity contribution in [1.82, 2.24) is 4.98 Å². The van der Waals surface area contributed by atoms with Gasteiger partial charge in [-0.15, -0.1) is 0 Å². The second-order valence-corrected chi connectivity index (χ2v) is 9.25. The molecule has 0 amide bonds. The standard InChI is InChI=1S/C10H14BrNOSi/c1-8(13-14(2,3)4)9-5-6-10(11)12-7-9/h5-7H,1H2,2-4H3. The average molecular weight is 272 g/mol. The number of hydrogen-bond acceptors (Lipinski definition) is 2. The highest BCUT2D eigenvalue weighted by Crippen LogP contribution is 2.19. The monoisotopic (exact) mass is 271 g/mol. The van der Waals surface area contributed by atoms with Crippen LogP contribution < -0.4 is 0 Å². The van der Waals surface area contributed by atoms with E-state index in [4.69, 9.17) is 4.43 Å². The molecule has 1 aromatic rings. The molecule has 1 rings (SSSR count). The molecule has 0 saturated heterocycles. The summed E-state index contributed by atoms with van der Waals surface area (Å²) >= 11 is 3.28. The van der Waals surface area contributed by atoms with E-state index in [0.717, 1.165) is 10.2 Å². The van der Waals surface area contributed by atoms with Crippen molar-refractivity contribution in [3.63, 3.8) is 0 Å². The van der Waals surface area contributed by atoms with E-state index in [9.17, 15) is 0 Å². The zero-order chi connectivity index (χ0) is 10.8. The molecule has 0 aromatic carbocycles. The molecule has 0 aliphatic heterocycles. The number of halogens is 1. The second kappa shape index (κ2) is 4.27. The molecule has 0 radical (unpaired) electrons. The molecule has 0 fully saturated rings. The average Bonchev–Trinajstić information content (AvgIpc) is 2.02. The summed E-state index contributed by atoms with van der Waals surface area (Å²) in [6.07, 6.45) is 1.76. The van der Waals surface area contributed by atoms with E-state index in [1.807, 2.05) is 12.1 Å². The first kappa shape index (κ1) is 11.5. The normalized spacial score (nSPS) is 11.1. The second-order valence-electron chi connectivity index (χ2n) is 4.01. The molecule has 0 unspecified atom stereocenters. The molecule has 4 heteroatoms. The van der Waals surface area contributed by atoms with Crippen LogP contribution in [-0.4, -0.2) is 13.3 Å². The van der Waals surface area contributed by atoms with Crippen LogP contribution in [0.1, 0.15) is 5.56 Å². The van der Waals surface area contributed by atoms with Gasteiger partial charge in [0.1, 0.15) is 10.4 Å². The fourth-order valence-corrected chi connectivity index (χ4v) is 2.06. The highest BCUT2D eigenvalue weighted by Gasteiger charge is 2.17. The number of nitrogens with zero attached hydrogens (tertiary/aromatic N) is 1. The van der Waals surface area contributed by atoms with E-state index in [1.165, 1.54) is 0 Å². The van der Waals surface area contributed by atoms with E-state index < -0.39 is 8.32 Å². The van der Waals surface area contributed by atoms with Gasteiger partial charge in [-0.2, -0.15) is 0 Å². The Bertz CT molecular complexity index is 329. The van der Waals surface area contributed by atoms with Crippen molar-refractivity contribution in [2.75, 3.05) is 0 Å². The lowest BCUT2D eigenvalue weighted by Gasteiger charge is -2.20. The van der Waals surface area contributed by atoms with Crippen molar-refractivity contribution in [2.24, 2.45) is 0 Å². The molecule has 0 spiro atoms. The third-order valence-electron chi connectivity index (χ3n) is 1.48. The molecule has 0 aliphatic rings. The Hall–Kier alpha value is -0.613. The van der Waals surface area contributed by atoms with Gasteiger partial charge in [0.25, 0.3) is 0 Å². The van der Waals surface area contributed by atoms with Crippen molar-refractivity contribution in [3.05, 3.63) is 35.1 Å². The van der Waals surface area contributed by atoms with Crippen LogP contribution in [0.15, 0.2) is 29.5 Å². The van der Waals surface area contributed by atoms with Crippen LogP contribution in [0.4, 0.5) is 0 Å². The van der Waals surface area contributed by atoms with Crippen LogP contribution in [0.3, 0.4) is 0 Å². The summed E-state index contributed by atoms with van der Waals surface area (Å²) in [5, 5.41) is 0. The molecule has 1 aromatic heterocycles. The van der Waals surface area contributed by atoms with E-state index in [-0.39, 0.29) is 0 Å². The van der Waals surface area contributed by atoms with Crippen LogP contribution in [-0.2, 0) is 4.43 Å². The number of aromatic nitrogens is 1. The molecule has 1 heterocycles.